The molecule has 0 spiro atoms. The molecule has 0 nitrogen and oxygen atoms in total. The van der Waals surface area contributed by atoms with Gasteiger partial charge in [-0.2, -0.15) is 0 Å². The summed E-state index contributed by atoms with van der Waals surface area (Å²) in [5.74, 6) is -0.197. The summed E-state index contributed by atoms with van der Waals surface area (Å²) in [6.45, 7) is 15.7. The molecular weight excluding hydrogens is 235 g/mol. The average Bonchev–Trinajstić information content (AvgIpc) is 2.36. The zero-order chi connectivity index (χ0) is 14.4. The van der Waals surface area contributed by atoms with Crippen LogP contribution >= 0.6 is 11.6 Å². The molecule has 0 atom stereocenters. The van der Waals surface area contributed by atoms with Gasteiger partial charge in [-0.25, -0.2) is 4.39 Å². The highest BCUT2D eigenvalue weighted by Crippen LogP contribution is 2.21. The smallest absolute Gasteiger partial charge is 0.128 e. The normalized spacial score (nSPS) is 7.65. The van der Waals surface area contributed by atoms with Crippen LogP contribution in [0.4, 0.5) is 4.39 Å². The van der Waals surface area contributed by atoms with E-state index in [-0.39, 0.29) is 5.82 Å². The SMILES string of the molecule is CC.CC.CC.CCc1c(F)cc(C)cc1Cl. The van der Waals surface area contributed by atoms with Gasteiger partial charge in [0.25, 0.3) is 0 Å². The van der Waals surface area contributed by atoms with Crippen LogP contribution in [-0.4, -0.2) is 0 Å². The number of hydrogen-bond acceptors (Lipinski definition) is 0. The van der Waals surface area contributed by atoms with E-state index in [0.29, 0.717) is 17.0 Å². The van der Waals surface area contributed by atoms with Crippen LogP contribution in [0, 0.1) is 12.7 Å². The van der Waals surface area contributed by atoms with Crippen molar-refractivity contribution in [1.29, 1.82) is 0 Å². The first-order valence-corrected chi connectivity index (χ1v) is 6.97. The lowest BCUT2D eigenvalue weighted by Crippen LogP contribution is -1.90. The fourth-order valence-electron chi connectivity index (χ4n) is 1.07. The van der Waals surface area contributed by atoms with Crippen LogP contribution in [0.2, 0.25) is 5.02 Å². The summed E-state index contributed by atoms with van der Waals surface area (Å²) >= 11 is 5.79. The Morgan fingerprint density at radius 1 is 1.00 bits per heavy atom. The molecule has 102 valence electrons. The summed E-state index contributed by atoms with van der Waals surface area (Å²) in [6, 6.07) is 3.29. The van der Waals surface area contributed by atoms with Crippen LogP contribution < -0.4 is 0 Å². The molecular formula is C15H28ClF. The Morgan fingerprint density at radius 3 is 1.71 bits per heavy atom. The summed E-state index contributed by atoms with van der Waals surface area (Å²) in [5, 5.41) is 0.532. The second kappa shape index (κ2) is 15.4. The zero-order valence-electron chi connectivity index (χ0n) is 12.6. The van der Waals surface area contributed by atoms with Gasteiger partial charge < -0.3 is 0 Å². The number of rotatable bonds is 1. The van der Waals surface area contributed by atoms with Crippen LogP contribution in [0.3, 0.4) is 0 Å². The van der Waals surface area contributed by atoms with E-state index in [4.69, 9.17) is 11.6 Å². The first kappa shape index (κ1) is 21.7. The monoisotopic (exact) mass is 262 g/mol. The molecule has 2 heteroatoms. The van der Waals surface area contributed by atoms with Crippen LogP contribution in [0.1, 0.15) is 59.6 Å². The lowest BCUT2D eigenvalue weighted by molar-refractivity contribution is 0.611. The Kier molecular flexibility index (Phi) is 19.7. The Hall–Kier alpha value is -0.560. The second-order valence-electron chi connectivity index (χ2n) is 2.56. The molecule has 0 amide bonds. The van der Waals surface area contributed by atoms with E-state index in [1.807, 2.05) is 55.4 Å². The highest BCUT2D eigenvalue weighted by Gasteiger charge is 2.04. The summed E-state index contributed by atoms with van der Waals surface area (Å²) in [4.78, 5) is 0. The highest BCUT2D eigenvalue weighted by molar-refractivity contribution is 6.31. The summed E-state index contributed by atoms with van der Waals surface area (Å²) in [6.07, 6.45) is 0.644. The third kappa shape index (κ3) is 9.17. The van der Waals surface area contributed by atoms with Crippen molar-refractivity contribution in [2.75, 3.05) is 0 Å². The Labute approximate surface area is 112 Å². The van der Waals surface area contributed by atoms with Crippen LogP contribution in [0.25, 0.3) is 0 Å². The van der Waals surface area contributed by atoms with Crippen molar-refractivity contribution in [2.24, 2.45) is 0 Å². The van der Waals surface area contributed by atoms with Gasteiger partial charge >= 0.3 is 0 Å². The van der Waals surface area contributed by atoms with Crippen molar-refractivity contribution < 1.29 is 4.39 Å². The van der Waals surface area contributed by atoms with E-state index in [1.165, 1.54) is 6.07 Å². The molecule has 0 aromatic heterocycles. The van der Waals surface area contributed by atoms with Crippen LogP contribution in [-0.2, 0) is 6.42 Å². The molecule has 0 radical (unpaired) electrons. The highest BCUT2D eigenvalue weighted by atomic mass is 35.5. The van der Waals surface area contributed by atoms with E-state index in [1.54, 1.807) is 6.07 Å². The van der Waals surface area contributed by atoms with Gasteiger partial charge in [0.2, 0.25) is 0 Å². The van der Waals surface area contributed by atoms with Crippen molar-refractivity contribution in [3.05, 3.63) is 34.1 Å². The topological polar surface area (TPSA) is 0 Å². The molecule has 1 aromatic rings. The van der Waals surface area contributed by atoms with Crippen molar-refractivity contribution in [2.45, 2.75) is 61.8 Å². The Morgan fingerprint density at radius 2 is 1.41 bits per heavy atom. The fraction of sp³-hybridized carbons (Fsp3) is 0.600. The van der Waals surface area contributed by atoms with Gasteiger partial charge in [0.05, 0.1) is 0 Å². The molecule has 0 N–H and O–H groups in total. The standard InChI is InChI=1S/C9H10ClF.3C2H6/c1-3-7-8(10)4-6(2)5-9(7)11;3*1-2/h4-5H,3H2,1-2H3;3*1-2H3. The van der Waals surface area contributed by atoms with E-state index in [9.17, 15) is 4.39 Å². The van der Waals surface area contributed by atoms with E-state index in [0.717, 1.165) is 5.56 Å². The van der Waals surface area contributed by atoms with Crippen LogP contribution in [0.15, 0.2) is 12.1 Å². The molecule has 0 saturated carbocycles. The van der Waals surface area contributed by atoms with Gasteiger partial charge in [0.15, 0.2) is 0 Å². The van der Waals surface area contributed by atoms with E-state index < -0.39 is 0 Å². The number of hydrogen-bond donors (Lipinski definition) is 0. The number of aryl methyl sites for hydroxylation is 1. The molecule has 0 fully saturated rings. The molecule has 1 rings (SSSR count). The Bertz CT molecular complexity index is 247. The summed E-state index contributed by atoms with van der Waals surface area (Å²) < 4.78 is 13.0. The predicted octanol–water partition coefficient (Wildman–Crippen LogP) is 6.43. The van der Waals surface area contributed by atoms with Gasteiger partial charge in [-0.05, 0) is 31.0 Å². The zero-order valence-corrected chi connectivity index (χ0v) is 13.4. The summed E-state index contributed by atoms with van der Waals surface area (Å²) in [7, 11) is 0. The third-order valence-corrected chi connectivity index (χ3v) is 1.98. The molecule has 0 heterocycles. The van der Waals surface area contributed by atoms with Gasteiger partial charge in [-0.1, -0.05) is 60.1 Å². The van der Waals surface area contributed by atoms with Crippen molar-refractivity contribution in [3.63, 3.8) is 0 Å². The lowest BCUT2D eigenvalue weighted by atomic mass is 10.1. The molecule has 0 aliphatic carbocycles. The van der Waals surface area contributed by atoms with Crippen molar-refractivity contribution in [1.82, 2.24) is 0 Å². The molecule has 0 aliphatic rings. The second-order valence-corrected chi connectivity index (χ2v) is 2.97. The Balaban J connectivity index is -0.000000285. The van der Waals surface area contributed by atoms with Crippen LogP contribution in [0.5, 0.6) is 0 Å². The first-order valence-electron chi connectivity index (χ1n) is 6.59. The molecule has 1 aromatic carbocycles. The van der Waals surface area contributed by atoms with Gasteiger partial charge in [0, 0.05) is 10.6 Å². The first-order chi connectivity index (χ1) is 8.15. The van der Waals surface area contributed by atoms with E-state index >= 15 is 0 Å². The predicted molar refractivity (Wildman–Crippen MR) is 79.6 cm³/mol. The van der Waals surface area contributed by atoms with Gasteiger partial charge in [0.1, 0.15) is 5.82 Å². The molecule has 17 heavy (non-hydrogen) atoms. The average molecular weight is 263 g/mol. The maximum Gasteiger partial charge on any atom is 0.128 e. The molecule has 0 saturated heterocycles. The minimum atomic E-state index is -0.197. The molecule has 0 aliphatic heterocycles. The minimum absolute atomic E-state index is 0.197. The fourth-order valence-corrected chi connectivity index (χ4v) is 1.46. The largest absolute Gasteiger partial charge is 0.207 e. The summed E-state index contributed by atoms with van der Waals surface area (Å²) in [5.41, 5.74) is 1.47. The van der Waals surface area contributed by atoms with E-state index in [2.05, 4.69) is 0 Å². The minimum Gasteiger partial charge on any atom is -0.207 e. The maximum absolute atomic E-state index is 13.0. The molecule has 0 unspecified atom stereocenters. The van der Waals surface area contributed by atoms with Crippen molar-refractivity contribution in [3.8, 4) is 0 Å². The molecule has 0 bridgehead atoms. The van der Waals surface area contributed by atoms with Gasteiger partial charge in [-0.15, -0.1) is 0 Å². The van der Waals surface area contributed by atoms with Crippen molar-refractivity contribution >= 4 is 11.6 Å². The quantitative estimate of drug-likeness (QED) is 0.547. The van der Waals surface area contributed by atoms with Gasteiger partial charge in [-0.3, -0.25) is 0 Å². The maximum atomic E-state index is 13.0. The third-order valence-electron chi connectivity index (χ3n) is 1.64. The number of halogens is 2. The number of benzene rings is 1. The lowest BCUT2D eigenvalue weighted by Gasteiger charge is -2.03.